The van der Waals surface area contributed by atoms with E-state index in [9.17, 15) is 4.79 Å². The number of carbonyl (C=O) groups excluding carboxylic acids is 1. The number of anilines is 1. The summed E-state index contributed by atoms with van der Waals surface area (Å²) < 4.78 is 5.51. The number of amides is 1. The molecule has 7 nitrogen and oxygen atoms in total. The zero-order valence-corrected chi connectivity index (χ0v) is 15.4. The smallest absolute Gasteiger partial charge is 0.410 e. The Labute approximate surface area is 147 Å². The predicted molar refractivity (Wildman–Crippen MR) is 91.2 cm³/mol. The van der Waals surface area contributed by atoms with E-state index in [1.807, 2.05) is 27.7 Å². The van der Waals surface area contributed by atoms with Crippen molar-refractivity contribution < 1.29 is 9.53 Å². The van der Waals surface area contributed by atoms with Crippen molar-refractivity contribution in [2.24, 2.45) is 5.92 Å². The molecule has 0 aromatic carbocycles. The summed E-state index contributed by atoms with van der Waals surface area (Å²) in [5, 5.41) is 8.44. The number of piperidine rings is 1. The van der Waals surface area contributed by atoms with E-state index in [4.69, 9.17) is 16.3 Å². The lowest BCUT2D eigenvalue weighted by atomic mass is 9.92. The van der Waals surface area contributed by atoms with Crippen molar-refractivity contribution in [1.29, 1.82) is 0 Å². The Morgan fingerprint density at radius 1 is 1.25 bits per heavy atom. The molecule has 0 spiro atoms. The Morgan fingerprint density at radius 2 is 1.96 bits per heavy atom. The van der Waals surface area contributed by atoms with Gasteiger partial charge in [0.2, 0.25) is 5.95 Å². The van der Waals surface area contributed by atoms with Crippen LogP contribution in [0.5, 0.6) is 0 Å². The molecular formula is C16H24ClN5O2. The number of carbonyl (C=O) groups is 1. The van der Waals surface area contributed by atoms with Gasteiger partial charge in [0.1, 0.15) is 5.60 Å². The van der Waals surface area contributed by atoms with Crippen LogP contribution in [0.15, 0.2) is 0 Å². The molecule has 2 aliphatic heterocycles. The number of halogens is 1. The second-order valence-corrected chi connectivity index (χ2v) is 7.87. The van der Waals surface area contributed by atoms with Crippen LogP contribution in [0.4, 0.5) is 10.7 Å². The van der Waals surface area contributed by atoms with Gasteiger partial charge in [-0.15, -0.1) is 10.2 Å². The number of nitrogens with zero attached hydrogens (tertiary/aromatic N) is 5. The summed E-state index contributed by atoms with van der Waals surface area (Å²) >= 11 is 5.93. The highest BCUT2D eigenvalue weighted by atomic mass is 35.5. The van der Waals surface area contributed by atoms with E-state index in [-0.39, 0.29) is 12.1 Å². The number of rotatable bonds is 1. The van der Waals surface area contributed by atoms with Crippen LogP contribution >= 0.6 is 11.6 Å². The molecule has 1 amide bonds. The molecule has 1 aromatic rings. The highest BCUT2D eigenvalue weighted by molar-refractivity contribution is 6.29. The van der Waals surface area contributed by atoms with Crippen LogP contribution in [0, 0.1) is 12.8 Å². The molecule has 24 heavy (non-hydrogen) atoms. The molecule has 0 aliphatic carbocycles. The van der Waals surface area contributed by atoms with Gasteiger partial charge in [0.05, 0.1) is 11.7 Å². The van der Waals surface area contributed by atoms with Crippen molar-refractivity contribution in [2.45, 2.75) is 52.2 Å². The highest BCUT2D eigenvalue weighted by Gasteiger charge is 2.41. The van der Waals surface area contributed by atoms with Gasteiger partial charge in [-0.2, -0.15) is 0 Å². The third-order valence-electron chi connectivity index (χ3n) is 4.56. The average Bonchev–Trinajstić information content (AvgIpc) is 2.91. The van der Waals surface area contributed by atoms with Crippen LogP contribution in [0.3, 0.4) is 0 Å². The van der Waals surface area contributed by atoms with Crippen LogP contribution in [0.25, 0.3) is 0 Å². The fourth-order valence-electron chi connectivity index (χ4n) is 3.38. The van der Waals surface area contributed by atoms with E-state index >= 15 is 0 Å². The highest BCUT2D eigenvalue weighted by Crippen LogP contribution is 2.34. The molecule has 8 heteroatoms. The molecule has 2 unspecified atom stereocenters. The predicted octanol–water partition coefficient (Wildman–Crippen LogP) is 2.67. The summed E-state index contributed by atoms with van der Waals surface area (Å²) in [4.78, 5) is 20.8. The number of hydrogen-bond acceptors (Lipinski definition) is 6. The van der Waals surface area contributed by atoms with Crippen LogP contribution in [0.2, 0.25) is 5.15 Å². The second-order valence-electron chi connectivity index (χ2n) is 7.51. The van der Waals surface area contributed by atoms with Gasteiger partial charge in [-0.3, -0.25) is 0 Å². The molecular weight excluding hydrogens is 330 g/mol. The quantitative estimate of drug-likeness (QED) is 0.773. The van der Waals surface area contributed by atoms with E-state index in [1.54, 1.807) is 4.90 Å². The molecule has 0 radical (unpaired) electrons. The summed E-state index contributed by atoms with van der Waals surface area (Å²) in [5.41, 5.74) is 0.189. The van der Waals surface area contributed by atoms with E-state index in [1.165, 1.54) is 0 Å². The maximum atomic E-state index is 12.4. The normalized spacial score (nSPS) is 24.0. The van der Waals surface area contributed by atoms with Gasteiger partial charge < -0.3 is 14.5 Å². The third-order valence-corrected chi connectivity index (χ3v) is 4.91. The third kappa shape index (κ3) is 3.55. The fourth-order valence-corrected chi connectivity index (χ4v) is 3.46. The molecule has 2 aliphatic rings. The minimum atomic E-state index is -0.483. The minimum Gasteiger partial charge on any atom is -0.444 e. The maximum Gasteiger partial charge on any atom is 0.410 e. The van der Waals surface area contributed by atoms with Crippen molar-refractivity contribution in [1.82, 2.24) is 20.1 Å². The molecule has 0 bridgehead atoms. The molecule has 0 N–H and O–H groups in total. The molecule has 0 saturated carbocycles. The molecule has 3 heterocycles. The molecule has 3 rings (SSSR count). The van der Waals surface area contributed by atoms with Crippen LogP contribution in [-0.4, -0.2) is 57.5 Å². The van der Waals surface area contributed by atoms with E-state index in [0.717, 1.165) is 25.9 Å². The summed E-state index contributed by atoms with van der Waals surface area (Å²) in [5.74, 6) is 1.14. The summed E-state index contributed by atoms with van der Waals surface area (Å²) in [6.45, 7) is 9.72. The van der Waals surface area contributed by atoms with Gasteiger partial charge in [-0.1, -0.05) is 11.6 Å². The number of aromatic nitrogens is 3. The monoisotopic (exact) mass is 353 g/mol. The SMILES string of the molecule is Cc1nc(N2CCC3CCN(C(=O)OC(C)(C)C)CC32)nnc1Cl. The zero-order chi connectivity index (χ0) is 17.5. The lowest BCUT2D eigenvalue weighted by molar-refractivity contribution is 0.0173. The van der Waals surface area contributed by atoms with Gasteiger partial charge in [-0.25, -0.2) is 9.78 Å². The van der Waals surface area contributed by atoms with Crippen molar-refractivity contribution in [2.75, 3.05) is 24.5 Å². The van der Waals surface area contributed by atoms with Crippen molar-refractivity contribution in [3.63, 3.8) is 0 Å². The molecule has 2 fully saturated rings. The molecule has 2 atom stereocenters. The van der Waals surface area contributed by atoms with Gasteiger partial charge in [0, 0.05) is 19.6 Å². The molecule has 1 aromatic heterocycles. The lowest BCUT2D eigenvalue weighted by Gasteiger charge is -2.38. The Kier molecular flexibility index (Phi) is 4.55. The first kappa shape index (κ1) is 17.2. The van der Waals surface area contributed by atoms with Gasteiger partial charge >= 0.3 is 6.09 Å². The number of likely N-dealkylation sites (tertiary alicyclic amines) is 1. The molecule has 132 valence electrons. The van der Waals surface area contributed by atoms with Crippen molar-refractivity contribution in [3.8, 4) is 0 Å². The van der Waals surface area contributed by atoms with Crippen LogP contribution < -0.4 is 4.90 Å². The number of hydrogen-bond donors (Lipinski definition) is 0. The zero-order valence-electron chi connectivity index (χ0n) is 14.6. The van der Waals surface area contributed by atoms with E-state index in [0.29, 0.717) is 29.3 Å². The minimum absolute atomic E-state index is 0.202. The lowest BCUT2D eigenvalue weighted by Crippen LogP contribution is -2.51. The van der Waals surface area contributed by atoms with Gasteiger partial charge in [-0.05, 0) is 46.5 Å². The fraction of sp³-hybridized carbons (Fsp3) is 0.750. The average molecular weight is 354 g/mol. The standard InChI is InChI=1S/C16H24ClN5O2/c1-10-13(17)19-20-14(18-10)22-8-6-11-5-7-21(9-12(11)22)15(23)24-16(2,3)4/h11-12H,5-9H2,1-4H3. The largest absolute Gasteiger partial charge is 0.444 e. The van der Waals surface area contributed by atoms with E-state index in [2.05, 4.69) is 20.1 Å². The van der Waals surface area contributed by atoms with Crippen LogP contribution in [-0.2, 0) is 4.74 Å². The Hall–Kier alpha value is -1.63. The number of ether oxygens (including phenoxy) is 1. The second kappa shape index (κ2) is 6.35. The Morgan fingerprint density at radius 3 is 2.62 bits per heavy atom. The van der Waals surface area contributed by atoms with Crippen molar-refractivity contribution in [3.05, 3.63) is 10.8 Å². The summed E-state index contributed by atoms with van der Waals surface area (Å²) in [6.07, 6.45) is 1.80. The topological polar surface area (TPSA) is 71.5 Å². The van der Waals surface area contributed by atoms with E-state index < -0.39 is 5.60 Å². The first-order valence-corrected chi connectivity index (χ1v) is 8.74. The Bertz CT molecular complexity index is 633. The molecule has 2 saturated heterocycles. The maximum absolute atomic E-state index is 12.4. The number of aryl methyl sites for hydroxylation is 1. The first-order chi connectivity index (χ1) is 11.2. The number of fused-ring (bicyclic) bond motifs is 1. The van der Waals surface area contributed by atoms with Crippen molar-refractivity contribution >= 4 is 23.6 Å². The first-order valence-electron chi connectivity index (χ1n) is 8.36. The van der Waals surface area contributed by atoms with Gasteiger partial charge in [0.25, 0.3) is 0 Å². The summed E-state index contributed by atoms with van der Waals surface area (Å²) in [7, 11) is 0. The Balaban J connectivity index is 1.74. The van der Waals surface area contributed by atoms with Gasteiger partial charge in [0.15, 0.2) is 5.15 Å². The summed E-state index contributed by atoms with van der Waals surface area (Å²) in [6, 6.07) is 0.202. The van der Waals surface area contributed by atoms with Crippen LogP contribution in [0.1, 0.15) is 39.3 Å².